The molecule has 3 aromatic rings. The molecule has 0 aromatic heterocycles. The highest BCUT2D eigenvalue weighted by atomic mass is 19.1. The van der Waals surface area contributed by atoms with Gasteiger partial charge in [0.25, 0.3) is 0 Å². The largest absolute Gasteiger partial charge is 0.508 e. The fourth-order valence-electron chi connectivity index (χ4n) is 3.59. The van der Waals surface area contributed by atoms with Gasteiger partial charge in [-0.2, -0.15) is 0 Å². The van der Waals surface area contributed by atoms with E-state index in [1.165, 1.54) is 30.3 Å². The Hall–Kier alpha value is -3.45. The molecule has 0 bridgehead atoms. The number of amides is 1. The van der Waals surface area contributed by atoms with E-state index >= 15 is 0 Å². The Morgan fingerprint density at radius 2 is 1.70 bits per heavy atom. The number of carbonyl (C=O) groups excluding carboxylic acids is 1. The summed E-state index contributed by atoms with van der Waals surface area (Å²) in [5.74, 6) is -1.43. The van der Waals surface area contributed by atoms with Crippen LogP contribution in [0.25, 0.3) is 0 Å². The minimum Gasteiger partial charge on any atom is -0.508 e. The number of phenolic OH excluding ortho intramolecular Hbond substituents is 1. The Morgan fingerprint density at radius 3 is 2.33 bits per heavy atom. The van der Waals surface area contributed by atoms with E-state index in [0.717, 1.165) is 11.6 Å². The van der Waals surface area contributed by atoms with Crippen molar-refractivity contribution in [1.29, 1.82) is 0 Å². The number of nitrogens with two attached hydrogens (primary N) is 1. The molecule has 1 amide bonds. The number of halogens is 2. The zero-order valence-electron chi connectivity index (χ0n) is 18.9. The number of alkyl carbamates (subject to hydrolysis) is 1. The lowest BCUT2D eigenvalue weighted by atomic mass is 9.78. The summed E-state index contributed by atoms with van der Waals surface area (Å²) in [5, 5.41) is 12.5. The van der Waals surface area contributed by atoms with Crippen molar-refractivity contribution in [2.75, 3.05) is 0 Å². The van der Waals surface area contributed by atoms with Crippen molar-refractivity contribution >= 4 is 6.09 Å². The third-order valence-electron chi connectivity index (χ3n) is 5.11. The lowest BCUT2D eigenvalue weighted by molar-refractivity contribution is 0.0523. The van der Waals surface area contributed by atoms with E-state index < -0.39 is 28.9 Å². The molecule has 0 spiro atoms. The molecule has 33 heavy (non-hydrogen) atoms. The molecule has 0 saturated heterocycles. The maximum Gasteiger partial charge on any atom is 0.407 e. The van der Waals surface area contributed by atoms with Crippen LogP contribution in [0.3, 0.4) is 0 Å². The molecule has 3 aromatic carbocycles. The average molecular weight is 455 g/mol. The topological polar surface area (TPSA) is 84.6 Å². The molecule has 0 heterocycles. The summed E-state index contributed by atoms with van der Waals surface area (Å²) >= 11 is 0. The second-order valence-electron chi connectivity index (χ2n) is 8.99. The number of hydrogen-bond acceptors (Lipinski definition) is 4. The zero-order valence-corrected chi connectivity index (χ0v) is 18.9. The summed E-state index contributed by atoms with van der Waals surface area (Å²) < 4.78 is 33.9. The molecule has 0 fully saturated rings. The maximum atomic E-state index is 14.6. The molecule has 0 aliphatic heterocycles. The fourth-order valence-corrected chi connectivity index (χ4v) is 3.59. The number of rotatable bonds is 6. The van der Waals surface area contributed by atoms with Crippen LogP contribution in [-0.2, 0) is 23.2 Å². The summed E-state index contributed by atoms with van der Waals surface area (Å²) in [7, 11) is 0. The molecule has 0 radical (unpaired) electrons. The van der Waals surface area contributed by atoms with Crippen LogP contribution in [-0.4, -0.2) is 16.8 Å². The SMILES string of the molecule is CC(C)(C)OC(=O)NCc1cc([C@](N)(Cc2ccccc2)c2cc(O)cc(F)c2)ccc1F. The molecule has 7 heteroatoms. The molecular formula is C26H28F2N2O3. The highest BCUT2D eigenvalue weighted by Crippen LogP contribution is 2.34. The van der Waals surface area contributed by atoms with E-state index in [1.807, 2.05) is 30.3 Å². The molecule has 0 saturated carbocycles. The van der Waals surface area contributed by atoms with E-state index in [-0.39, 0.29) is 24.3 Å². The molecule has 3 rings (SSSR count). The van der Waals surface area contributed by atoms with Gasteiger partial charge in [-0.25, -0.2) is 13.6 Å². The number of nitrogens with one attached hydrogen (secondary N) is 1. The molecule has 5 nitrogen and oxygen atoms in total. The summed E-state index contributed by atoms with van der Waals surface area (Å²) in [6.45, 7) is 5.07. The Balaban J connectivity index is 2.00. The third kappa shape index (κ3) is 6.29. The molecule has 0 unspecified atom stereocenters. The van der Waals surface area contributed by atoms with Crippen molar-refractivity contribution in [2.24, 2.45) is 5.73 Å². The van der Waals surface area contributed by atoms with E-state index in [2.05, 4.69) is 5.32 Å². The minimum absolute atomic E-state index is 0.121. The summed E-state index contributed by atoms with van der Waals surface area (Å²) in [5.41, 5.74) is 6.79. The maximum absolute atomic E-state index is 14.6. The van der Waals surface area contributed by atoms with Crippen molar-refractivity contribution in [3.05, 3.63) is 101 Å². The van der Waals surface area contributed by atoms with Crippen LogP contribution in [0.4, 0.5) is 13.6 Å². The van der Waals surface area contributed by atoms with Crippen molar-refractivity contribution in [3.8, 4) is 5.75 Å². The van der Waals surface area contributed by atoms with Crippen LogP contribution in [0.15, 0.2) is 66.7 Å². The number of phenols is 1. The van der Waals surface area contributed by atoms with Crippen molar-refractivity contribution in [1.82, 2.24) is 5.32 Å². The van der Waals surface area contributed by atoms with Gasteiger partial charge in [0.1, 0.15) is 23.0 Å². The van der Waals surface area contributed by atoms with Crippen molar-refractivity contribution < 1.29 is 23.4 Å². The standard InChI is InChI=1S/C26H28F2N2O3/c1-25(2,3)33-24(32)30-16-18-11-19(9-10-23(18)28)26(29,15-17-7-5-4-6-8-17)20-12-21(27)14-22(31)13-20/h4-14,31H,15-16,29H2,1-3H3,(H,30,32)/t26-/m1/s1. The second-order valence-corrected chi connectivity index (χ2v) is 8.99. The first-order valence-electron chi connectivity index (χ1n) is 10.5. The van der Waals surface area contributed by atoms with E-state index in [4.69, 9.17) is 10.5 Å². The van der Waals surface area contributed by atoms with Gasteiger partial charge in [0.2, 0.25) is 0 Å². The summed E-state index contributed by atoms with van der Waals surface area (Å²) in [4.78, 5) is 12.0. The van der Waals surface area contributed by atoms with Crippen LogP contribution in [0.5, 0.6) is 5.75 Å². The lowest BCUT2D eigenvalue weighted by Crippen LogP contribution is -2.40. The number of carbonyl (C=O) groups is 1. The molecule has 1 atom stereocenters. The van der Waals surface area contributed by atoms with Crippen LogP contribution < -0.4 is 11.1 Å². The lowest BCUT2D eigenvalue weighted by Gasteiger charge is -2.32. The molecule has 0 aliphatic carbocycles. The summed E-state index contributed by atoms with van der Waals surface area (Å²) in [6, 6.07) is 17.3. The third-order valence-corrected chi connectivity index (χ3v) is 5.11. The first-order chi connectivity index (χ1) is 15.5. The van der Waals surface area contributed by atoms with Gasteiger partial charge in [0, 0.05) is 18.2 Å². The molecule has 174 valence electrons. The van der Waals surface area contributed by atoms with Crippen molar-refractivity contribution in [3.63, 3.8) is 0 Å². The Morgan fingerprint density at radius 1 is 1.00 bits per heavy atom. The quantitative estimate of drug-likeness (QED) is 0.482. The molecule has 0 aliphatic rings. The Kier molecular flexibility index (Phi) is 7.03. The van der Waals surface area contributed by atoms with Crippen molar-refractivity contribution in [2.45, 2.75) is 44.9 Å². The predicted molar refractivity (Wildman–Crippen MR) is 123 cm³/mol. The van der Waals surface area contributed by atoms with E-state index in [9.17, 15) is 18.7 Å². The number of aromatic hydroxyl groups is 1. The summed E-state index contributed by atoms with van der Waals surface area (Å²) in [6.07, 6.45) is -0.410. The van der Waals surface area contributed by atoms with Crippen LogP contribution in [0.1, 0.15) is 43.0 Å². The monoisotopic (exact) mass is 454 g/mol. The highest BCUT2D eigenvalue weighted by molar-refractivity contribution is 5.67. The van der Waals surface area contributed by atoms with Gasteiger partial charge in [-0.3, -0.25) is 0 Å². The van der Waals surface area contributed by atoms with Gasteiger partial charge in [-0.15, -0.1) is 0 Å². The molecule has 4 N–H and O–H groups in total. The smallest absolute Gasteiger partial charge is 0.407 e. The number of benzene rings is 3. The van der Waals surface area contributed by atoms with Crippen LogP contribution >= 0.6 is 0 Å². The van der Waals surface area contributed by atoms with E-state index in [0.29, 0.717) is 11.1 Å². The van der Waals surface area contributed by atoms with E-state index in [1.54, 1.807) is 20.8 Å². The second kappa shape index (κ2) is 9.58. The zero-order chi connectivity index (χ0) is 24.2. The molecular weight excluding hydrogens is 426 g/mol. The number of hydrogen-bond donors (Lipinski definition) is 3. The first-order valence-corrected chi connectivity index (χ1v) is 10.5. The van der Waals surface area contributed by atoms with Gasteiger partial charge < -0.3 is 20.9 Å². The van der Waals surface area contributed by atoms with Crippen LogP contribution in [0, 0.1) is 11.6 Å². The minimum atomic E-state index is -1.28. The van der Waals surface area contributed by atoms with Gasteiger partial charge in [0.05, 0.1) is 5.54 Å². The highest BCUT2D eigenvalue weighted by Gasteiger charge is 2.32. The van der Waals surface area contributed by atoms with Crippen LogP contribution in [0.2, 0.25) is 0 Å². The van der Waals surface area contributed by atoms with Gasteiger partial charge in [-0.1, -0.05) is 36.4 Å². The normalized spacial score (nSPS) is 13.3. The first kappa shape index (κ1) is 24.2. The Bertz CT molecular complexity index is 1110. The van der Waals surface area contributed by atoms with Gasteiger partial charge in [-0.05, 0) is 68.1 Å². The Labute approximate surface area is 192 Å². The fraction of sp³-hybridized carbons (Fsp3) is 0.269. The van der Waals surface area contributed by atoms with Gasteiger partial charge in [0.15, 0.2) is 0 Å². The number of ether oxygens (including phenoxy) is 1. The van der Waals surface area contributed by atoms with Gasteiger partial charge >= 0.3 is 6.09 Å². The predicted octanol–water partition coefficient (Wildman–Crippen LogP) is 5.14. The average Bonchev–Trinajstić information content (AvgIpc) is 2.72.